The average molecular weight is 396 g/mol. The molecule has 0 aliphatic heterocycles. The number of benzene rings is 2. The highest BCUT2D eigenvalue weighted by atomic mass is 35.5. The van der Waals surface area contributed by atoms with Crippen molar-refractivity contribution < 1.29 is 9.53 Å². The first kappa shape index (κ1) is 19.7. The summed E-state index contributed by atoms with van der Waals surface area (Å²) in [7, 11) is 0. The molecule has 3 rings (SSSR count). The molecule has 0 saturated carbocycles. The molecule has 28 heavy (non-hydrogen) atoms. The van der Waals surface area contributed by atoms with Gasteiger partial charge in [-0.15, -0.1) is 0 Å². The number of nitrogens with zero attached hydrogens (tertiary/aromatic N) is 2. The van der Waals surface area contributed by atoms with Crippen LogP contribution in [0.4, 0.5) is 0 Å². The van der Waals surface area contributed by atoms with E-state index in [-0.39, 0.29) is 5.91 Å². The Morgan fingerprint density at radius 1 is 1.14 bits per heavy atom. The number of carbonyl (C=O) groups excluding carboxylic acids is 1. The molecule has 0 radical (unpaired) electrons. The van der Waals surface area contributed by atoms with E-state index < -0.39 is 0 Å². The molecular weight excluding hydrogens is 374 g/mol. The zero-order valence-corrected chi connectivity index (χ0v) is 16.8. The van der Waals surface area contributed by atoms with E-state index in [1.807, 2.05) is 51.1 Å². The Bertz CT molecular complexity index is 990. The van der Waals surface area contributed by atoms with Gasteiger partial charge in [0.1, 0.15) is 5.75 Å². The highest BCUT2D eigenvalue weighted by molar-refractivity contribution is 6.30. The van der Waals surface area contributed by atoms with Gasteiger partial charge < -0.3 is 9.30 Å². The van der Waals surface area contributed by atoms with E-state index in [1.165, 1.54) is 0 Å². The summed E-state index contributed by atoms with van der Waals surface area (Å²) >= 11 is 5.98. The van der Waals surface area contributed by atoms with Crippen LogP contribution in [0.25, 0.3) is 5.69 Å². The summed E-state index contributed by atoms with van der Waals surface area (Å²) in [6.07, 6.45) is 1.65. The number of hydrazone groups is 1. The second kappa shape index (κ2) is 8.76. The van der Waals surface area contributed by atoms with Crippen LogP contribution in [-0.2, 0) is 0 Å². The summed E-state index contributed by atoms with van der Waals surface area (Å²) in [5.41, 5.74) is 7.14. The molecule has 0 spiro atoms. The maximum atomic E-state index is 12.2. The van der Waals surface area contributed by atoms with Gasteiger partial charge in [-0.05, 0) is 75.4 Å². The molecule has 5 nitrogen and oxygen atoms in total. The molecule has 0 atom stereocenters. The summed E-state index contributed by atoms with van der Waals surface area (Å²) in [5, 5.41) is 4.81. The lowest BCUT2D eigenvalue weighted by molar-refractivity contribution is 0.0955. The van der Waals surface area contributed by atoms with Crippen molar-refractivity contribution in [3.8, 4) is 11.4 Å². The quantitative estimate of drug-likeness (QED) is 0.476. The van der Waals surface area contributed by atoms with E-state index in [0.717, 1.165) is 28.4 Å². The number of rotatable bonds is 6. The van der Waals surface area contributed by atoms with Crippen LogP contribution in [0.2, 0.25) is 5.02 Å². The fourth-order valence-corrected chi connectivity index (χ4v) is 3.13. The summed E-state index contributed by atoms with van der Waals surface area (Å²) < 4.78 is 7.50. The lowest BCUT2D eigenvalue weighted by Crippen LogP contribution is -2.17. The largest absolute Gasteiger partial charge is 0.494 e. The molecule has 0 fully saturated rings. The Kier molecular flexibility index (Phi) is 6.16. The minimum atomic E-state index is -0.272. The molecule has 3 aromatic rings. The summed E-state index contributed by atoms with van der Waals surface area (Å²) in [6.45, 7) is 6.54. The van der Waals surface area contributed by atoms with E-state index in [9.17, 15) is 4.79 Å². The standard InChI is InChI=1S/C22H22ClN3O2/c1-4-28-21-11-5-17(6-12-21)22(27)25-24-14-18-13-15(2)26(16(18)3)20-9-7-19(23)8-10-20/h5-14H,4H2,1-3H3,(H,25,27)/b24-14-. The van der Waals surface area contributed by atoms with Crippen LogP contribution in [0.1, 0.15) is 34.2 Å². The molecule has 0 aliphatic rings. The molecule has 1 aromatic heterocycles. The zero-order valence-electron chi connectivity index (χ0n) is 16.1. The van der Waals surface area contributed by atoms with Crippen LogP contribution in [0, 0.1) is 13.8 Å². The molecule has 0 aliphatic carbocycles. The average Bonchev–Trinajstić information content (AvgIpc) is 2.97. The second-order valence-corrected chi connectivity index (χ2v) is 6.73. The van der Waals surface area contributed by atoms with Gasteiger partial charge >= 0.3 is 0 Å². The van der Waals surface area contributed by atoms with Crippen molar-refractivity contribution in [1.29, 1.82) is 0 Å². The first-order chi connectivity index (χ1) is 13.5. The van der Waals surface area contributed by atoms with Crippen LogP contribution < -0.4 is 10.2 Å². The Labute approximate surface area is 169 Å². The van der Waals surface area contributed by atoms with E-state index in [0.29, 0.717) is 17.2 Å². The summed E-state index contributed by atoms with van der Waals surface area (Å²) in [4.78, 5) is 12.2. The molecule has 2 aromatic carbocycles. The van der Waals surface area contributed by atoms with Crippen molar-refractivity contribution >= 4 is 23.7 Å². The van der Waals surface area contributed by atoms with Gasteiger partial charge in [0.2, 0.25) is 0 Å². The van der Waals surface area contributed by atoms with E-state index >= 15 is 0 Å². The van der Waals surface area contributed by atoms with Crippen LogP contribution >= 0.6 is 11.6 Å². The number of nitrogens with one attached hydrogen (secondary N) is 1. The Morgan fingerprint density at radius 3 is 2.46 bits per heavy atom. The predicted octanol–water partition coefficient (Wildman–Crippen LogP) is 4.91. The monoisotopic (exact) mass is 395 g/mol. The number of aromatic nitrogens is 1. The Balaban J connectivity index is 1.71. The predicted molar refractivity (Wildman–Crippen MR) is 113 cm³/mol. The molecule has 0 unspecified atom stereocenters. The molecular formula is C22H22ClN3O2. The molecule has 144 valence electrons. The van der Waals surface area contributed by atoms with Gasteiger partial charge in [0.25, 0.3) is 5.91 Å². The van der Waals surface area contributed by atoms with Crippen LogP contribution in [0.15, 0.2) is 59.7 Å². The van der Waals surface area contributed by atoms with Crippen molar-refractivity contribution in [3.05, 3.63) is 82.1 Å². The lowest BCUT2D eigenvalue weighted by atomic mass is 10.2. The minimum Gasteiger partial charge on any atom is -0.494 e. The maximum Gasteiger partial charge on any atom is 0.271 e. The number of amides is 1. The van der Waals surface area contributed by atoms with Gasteiger partial charge in [-0.1, -0.05) is 11.6 Å². The van der Waals surface area contributed by atoms with Gasteiger partial charge in [0.05, 0.1) is 12.8 Å². The van der Waals surface area contributed by atoms with Crippen LogP contribution in [0.5, 0.6) is 5.75 Å². The Morgan fingerprint density at radius 2 is 1.82 bits per heavy atom. The smallest absolute Gasteiger partial charge is 0.271 e. The third-order valence-electron chi connectivity index (χ3n) is 4.35. The van der Waals surface area contributed by atoms with Crippen molar-refractivity contribution in [3.63, 3.8) is 0 Å². The minimum absolute atomic E-state index is 0.272. The third kappa shape index (κ3) is 4.43. The molecule has 1 N–H and O–H groups in total. The van der Waals surface area contributed by atoms with Crippen LogP contribution in [-0.4, -0.2) is 23.3 Å². The van der Waals surface area contributed by atoms with Gasteiger partial charge in [-0.2, -0.15) is 5.10 Å². The fourth-order valence-electron chi connectivity index (χ4n) is 3.00. The number of hydrogen-bond acceptors (Lipinski definition) is 3. The van der Waals surface area contributed by atoms with Crippen molar-refractivity contribution in [1.82, 2.24) is 9.99 Å². The zero-order chi connectivity index (χ0) is 20.1. The van der Waals surface area contributed by atoms with Gasteiger partial charge in [0.15, 0.2) is 0 Å². The number of ether oxygens (including phenoxy) is 1. The van der Waals surface area contributed by atoms with Crippen molar-refractivity contribution in [2.24, 2.45) is 5.10 Å². The summed E-state index contributed by atoms with van der Waals surface area (Å²) in [6, 6.07) is 16.6. The molecule has 6 heteroatoms. The lowest BCUT2D eigenvalue weighted by Gasteiger charge is -2.09. The third-order valence-corrected chi connectivity index (χ3v) is 4.60. The Hall–Kier alpha value is -3.05. The normalized spacial score (nSPS) is 11.0. The van der Waals surface area contributed by atoms with E-state index in [1.54, 1.807) is 30.5 Å². The SMILES string of the molecule is CCOc1ccc(C(=O)N/N=C\c2cc(C)n(-c3ccc(Cl)cc3)c2C)cc1. The first-order valence-electron chi connectivity index (χ1n) is 9.00. The summed E-state index contributed by atoms with van der Waals surface area (Å²) in [5.74, 6) is 0.461. The van der Waals surface area contributed by atoms with Crippen LogP contribution in [0.3, 0.4) is 0 Å². The highest BCUT2D eigenvalue weighted by Gasteiger charge is 2.10. The molecule has 0 bridgehead atoms. The number of halogens is 1. The van der Waals surface area contributed by atoms with Crippen molar-refractivity contribution in [2.75, 3.05) is 6.61 Å². The topological polar surface area (TPSA) is 55.6 Å². The van der Waals surface area contributed by atoms with E-state index in [2.05, 4.69) is 15.1 Å². The van der Waals surface area contributed by atoms with Gasteiger partial charge in [-0.25, -0.2) is 5.43 Å². The molecule has 0 saturated heterocycles. The second-order valence-electron chi connectivity index (χ2n) is 6.29. The maximum absolute atomic E-state index is 12.2. The first-order valence-corrected chi connectivity index (χ1v) is 9.38. The van der Waals surface area contributed by atoms with Gasteiger partial charge in [0, 0.05) is 33.2 Å². The van der Waals surface area contributed by atoms with Gasteiger partial charge in [-0.3, -0.25) is 4.79 Å². The number of carbonyl (C=O) groups is 1. The number of aryl methyl sites for hydroxylation is 1. The highest BCUT2D eigenvalue weighted by Crippen LogP contribution is 2.21. The number of hydrogen-bond donors (Lipinski definition) is 1. The van der Waals surface area contributed by atoms with Crippen molar-refractivity contribution in [2.45, 2.75) is 20.8 Å². The fraction of sp³-hybridized carbons (Fsp3) is 0.182. The molecule has 1 amide bonds. The van der Waals surface area contributed by atoms with E-state index in [4.69, 9.17) is 16.3 Å². The molecule has 1 heterocycles.